The third-order valence-corrected chi connectivity index (χ3v) is 1.37. The summed E-state index contributed by atoms with van der Waals surface area (Å²) in [5.74, 6) is -0.170. The highest BCUT2D eigenvalue weighted by atomic mass is 16.5. The Bertz CT molecular complexity index is 148. The minimum absolute atomic E-state index is 0.170. The average Bonchev–Trinajstić information content (AvgIpc) is 2.00. The fourth-order valence-corrected chi connectivity index (χ4v) is 0.842. The molecule has 0 aromatic rings. The van der Waals surface area contributed by atoms with Gasteiger partial charge in [-0.25, -0.2) is 4.79 Å². The molecule has 0 amide bonds. The van der Waals surface area contributed by atoms with Crippen molar-refractivity contribution in [1.29, 1.82) is 0 Å². The number of esters is 1. The van der Waals surface area contributed by atoms with E-state index in [1.54, 1.807) is 0 Å². The number of rotatable bonds is 4. The third kappa shape index (κ3) is 3.81. The quantitative estimate of drug-likeness (QED) is 0.461. The van der Waals surface area contributed by atoms with E-state index >= 15 is 0 Å². The zero-order valence-electron chi connectivity index (χ0n) is 7.52. The first-order chi connectivity index (χ1) is 5.26. The molecular formula is C9H16O2. The maximum atomic E-state index is 11.1. The molecule has 0 aromatic carbocycles. The highest BCUT2D eigenvalue weighted by Gasteiger charge is 2.05. The van der Waals surface area contributed by atoms with Crippen LogP contribution in [0.5, 0.6) is 0 Å². The minimum Gasteiger partial charge on any atom is -0.463 e. The maximum absolute atomic E-state index is 11.1. The molecule has 0 heterocycles. The number of ether oxygens (including phenoxy) is 1. The Balaban J connectivity index is 4.03. The predicted molar refractivity (Wildman–Crippen MR) is 45.3 cm³/mol. The molecule has 2 nitrogen and oxygen atoms in total. The Morgan fingerprint density at radius 2 is 2.00 bits per heavy atom. The van der Waals surface area contributed by atoms with Gasteiger partial charge in [0.1, 0.15) is 0 Å². The summed E-state index contributed by atoms with van der Waals surface area (Å²) in [6, 6.07) is 0. The molecule has 0 rings (SSSR count). The lowest BCUT2D eigenvalue weighted by Gasteiger charge is -2.02. The van der Waals surface area contributed by atoms with Crippen molar-refractivity contribution in [2.24, 2.45) is 0 Å². The van der Waals surface area contributed by atoms with Crippen LogP contribution in [-0.2, 0) is 9.53 Å². The van der Waals surface area contributed by atoms with Crippen molar-refractivity contribution in [3.63, 3.8) is 0 Å². The summed E-state index contributed by atoms with van der Waals surface area (Å²) in [5.41, 5.74) is 0.786. The standard InChI is InChI=1S/C9H16O2/c1-4-7-8(5-2)9(10)11-6-3/h7H,4-6H2,1-3H3. The van der Waals surface area contributed by atoms with Crippen molar-refractivity contribution in [2.45, 2.75) is 33.6 Å². The molecule has 0 atom stereocenters. The van der Waals surface area contributed by atoms with Crippen LogP contribution in [0.4, 0.5) is 0 Å². The van der Waals surface area contributed by atoms with Gasteiger partial charge in [-0.3, -0.25) is 0 Å². The Morgan fingerprint density at radius 1 is 1.36 bits per heavy atom. The molecule has 0 bridgehead atoms. The van der Waals surface area contributed by atoms with Crippen LogP contribution in [0.15, 0.2) is 11.6 Å². The fraction of sp³-hybridized carbons (Fsp3) is 0.667. The predicted octanol–water partition coefficient (Wildman–Crippen LogP) is 2.30. The van der Waals surface area contributed by atoms with E-state index < -0.39 is 0 Å². The summed E-state index contributed by atoms with van der Waals surface area (Å²) in [6.07, 6.45) is 3.56. The van der Waals surface area contributed by atoms with E-state index in [1.807, 2.05) is 26.8 Å². The summed E-state index contributed by atoms with van der Waals surface area (Å²) < 4.78 is 4.84. The Hall–Kier alpha value is -0.790. The van der Waals surface area contributed by atoms with Gasteiger partial charge in [-0.2, -0.15) is 0 Å². The third-order valence-electron chi connectivity index (χ3n) is 1.37. The van der Waals surface area contributed by atoms with Crippen molar-refractivity contribution < 1.29 is 9.53 Å². The number of carbonyl (C=O) groups is 1. The van der Waals surface area contributed by atoms with E-state index in [4.69, 9.17) is 4.74 Å². The van der Waals surface area contributed by atoms with Crippen molar-refractivity contribution in [2.75, 3.05) is 6.61 Å². The zero-order chi connectivity index (χ0) is 8.69. The summed E-state index contributed by atoms with van der Waals surface area (Å²) in [7, 11) is 0. The van der Waals surface area contributed by atoms with Crippen LogP contribution >= 0.6 is 0 Å². The summed E-state index contributed by atoms with van der Waals surface area (Å²) in [4.78, 5) is 11.1. The van der Waals surface area contributed by atoms with Gasteiger partial charge in [0.25, 0.3) is 0 Å². The van der Waals surface area contributed by atoms with Crippen molar-refractivity contribution >= 4 is 5.97 Å². The zero-order valence-corrected chi connectivity index (χ0v) is 7.52. The molecule has 0 saturated heterocycles. The molecule has 2 heteroatoms. The van der Waals surface area contributed by atoms with Crippen LogP contribution in [0.25, 0.3) is 0 Å². The van der Waals surface area contributed by atoms with Crippen LogP contribution in [0.2, 0.25) is 0 Å². The number of carbonyl (C=O) groups excluding carboxylic acids is 1. The molecule has 0 fully saturated rings. The van der Waals surface area contributed by atoms with E-state index in [-0.39, 0.29) is 5.97 Å². The topological polar surface area (TPSA) is 26.3 Å². The molecule has 0 aliphatic carbocycles. The number of hydrogen-bond donors (Lipinski definition) is 0. The molecule has 0 aliphatic rings. The van der Waals surface area contributed by atoms with Gasteiger partial charge in [-0.1, -0.05) is 19.9 Å². The second-order valence-electron chi connectivity index (χ2n) is 2.21. The average molecular weight is 156 g/mol. The Kier molecular flexibility index (Phi) is 5.53. The molecule has 0 saturated carbocycles. The highest BCUT2D eigenvalue weighted by molar-refractivity contribution is 5.88. The van der Waals surface area contributed by atoms with Gasteiger partial charge in [0, 0.05) is 5.57 Å². The van der Waals surface area contributed by atoms with Gasteiger partial charge in [0.2, 0.25) is 0 Å². The fourth-order valence-electron chi connectivity index (χ4n) is 0.842. The van der Waals surface area contributed by atoms with Crippen molar-refractivity contribution in [3.8, 4) is 0 Å². The first-order valence-electron chi connectivity index (χ1n) is 4.12. The monoisotopic (exact) mass is 156 g/mol. The van der Waals surface area contributed by atoms with Gasteiger partial charge in [-0.05, 0) is 19.8 Å². The van der Waals surface area contributed by atoms with Crippen LogP contribution in [0.1, 0.15) is 33.6 Å². The van der Waals surface area contributed by atoms with Crippen LogP contribution in [0.3, 0.4) is 0 Å². The first-order valence-corrected chi connectivity index (χ1v) is 4.12. The molecule has 64 valence electrons. The minimum atomic E-state index is -0.170. The second-order valence-corrected chi connectivity index (χ2v) is 2.21. The molecule has 0 aromatic heterocycles. The van der Waals surface area contributed by atoms with Gasteiger partial charge in [0.05, 0.1) is 6.61 Å². The number of hydrogen-bond acceptors (Lipinski definition) is 2. The van der Waals surface area contributed by atoms with E-state index in [0.717, 1.165) is 18.4 Å². The van der Waals surface area contributed by atoms with Crippen LogP contribution in [0, 0.1) is 0 Å². The summed E-state index contributed by atoms with van der Waals surface area (Å²) >= 11 is 0. The Labute approximate surface area is 68.2 Å². The van der Waals surface area contributed by atoms with Crippen LogP contribution in [-0.4, -0.2) is 12.6 Å². The largest absolute Gasteiger partial charge is 0.463 e. The second kappa shape index (κ2) is 5.96. The highest BCUT2D eigenvalue weighted by Crippen LogP contribution is 2.04. The van der Waals surface area contributed by atoms with Gasteiger partial charge < -0.3 is 4.74 Å². The summed E-state index contributed by atoms with van der Waals surface area (Å²) in [5, 5.41) is 0. The lowest BCUT2D eigenvalue weighted by molar-refractivity contribution is -0.138. The first kappa shape index (κ1) is 10.2. The molecule has 0 radical (unpaired) electrons. The van der Waals surface area contributed by atoms with E-state index in [9.17, 15) is 4.79 Å². The lowest BCUT2D eigenvalue weighted by Crippen LogP contribution is -2.06. The molecule has 0 spiro atoms. The molecule has 0 unspecified atom stereocenters. The molecule has 0 aliphatic heterocycles. The molecule has 0 N–H and O–H groups in total. The smallest absolute Gasteiger partial charge is 0.333 e. The SMILES string of the molecule is CCC=C(CC)C(=O)OCC. The van der Waals surface area contributed by atoms with Crippen molar-refractivity contribution in [1.82, 2.24) is 0 Å². The molecule has 11 heavy (non-hydrogen) atoms. The van der Waals surface area contributed by atoms with E-state index in [0.29, 0.717) is 6.61 Å². The Morgan fingerprint density at radius 3 is 2.36 bits per heavy atom. The van der Waals surface area contributed by atoms with E-state index in [1.165, 1.54) is 0 Å². The van der Waals surface area contributed by atoms with Crippen LogP contribution < -0.4 is 0 Å². The normalized spacial score (nSPS) is 11.4. The van der Waals surface area contributed by atoms with E-state index in [2.05, 4.69) is 0 Å². The lowest BCUT2D eigenvalue weighted by atomic mass is 10.2. The van der Waals surface area contributed by atoms with Crippen molar-refractivity contribution in [3.05, 3.63) is 11.6 Å². The van der Waals surface area contributed by atoms with Gasteiger partial charge in [0.15, 0.2) is 0 Å². The summed E-state index contributed by atoms with van der Waals surface area (Å²) in [6.45, 7) is 6.24. The maximum Gasteiger partial charge on any atom is 0.333 e. The molecular weight excluding hydrogens is 140 g/mol. The number of allylic oxidation sites excluding steroid dienone is 1. The van der Waals surface area contributed by atoms with Gasteiger partial charge >= 0.3 is 5.97 Å². The van der Waals surface area contributed by atoms with Gasteiger partial charge in [-0.15, -0.1) is 0 Å².